The third-order valence-electron chi connectivity index (χ3n) is 8.48. The summed E-state index contributed by atoms with van der Waals surface area (Å²) in [5.41, 5.74) is 0.837. The Hall–Kier alpha value is -3.29. The van der Waals surface area contributed by atoms with Crippen molar-refractivity contribution in [3.8, 4) is 11.5 Å². The minimum atomic E-state index is -0.701. The molecule has 1 aromatic carbocycles. The number of aryl methyl sites for hydroxylation is 2. The summed E-state index contributed by atoms with van der Waals surface area (Å²) >= 11 is 0. The zero-order chi connectivity index (χ0) is 31.1. The molecular formula is C33H46O8. The molecule has 41 heavy (non-hydrogen) atoms. The van der Waals surface area contributed by atoms with Crippen LogP contribution in [0.25, 0.3) is 0 Å². The van der Waals surface area contributed by atoms with Crippen LogP contribution in [-0.4, -0.2) is 35.6 Å². The molecule has 1 aliphatic carbocycles. The van der Waals surface area contributed by atoms with E-state index in [0.717, 1.165) is 18.4 Å². The van der Waals surface area contributed by atoms with E-state index in [1.54, 1.807) is 26.0 Å². The molecule has 1 aromatic rings. The Kier molecular flexibility index (Phi) is 11.6. The zero-order valence-corrected chi connectivity index (χ0v) is 25.9. The minimum Gasteiger partial charge on any atom is -0.458 e. The highest BCUT2D eigenvalue weighted by Crippen LogP contribution is 2.56. The van der Waals surface area contributed by atoms with Gasteiger partial charge >= 0.3 is 17.9 Å². The van der Waals surface area contributed by atoms with Crippen LogP contribution < -0.4 is 9.47 Å². The summed E-state index contributed by atoms with van der Waals surface area (Å²) in [6.45, 7) is 17.4. The molecule has 226 valence electrons. The summed E-state index contributed by atoms with van der Waals surface area (Å²) in [6.07, 6.45) is 3.53. The molecule has 4 atom stereocenters. The molecule has 0 heterocycles. The lowest BCUT2D eigenvalue weighted by molar-refractivity contribution is -0.148. The summed E-state index contributed by atoms with van der Waals surface area (Å²) in [4.78, 5) is 61.6. The van der Waals surface area contributed by atoms with Crippen molar-refractivity contribution < 1.29 is 38.2 Å². The Bertz CT molecular complexity index is 1200. The Morgan fingerprint density at radius 1 is 0.927 bits per heavy atom. The molecule has 0 N–H and O–H groups in total. The largest absolute Gasteiger partial charge is 0.458 e. The van der Waals surface area contributed by atoms with Crippen LogP contribution in [0, 0.1) is 23.7 Å². The average Bonchev–Trinajstić information content (AvgIpc) is 3.12. The molecular weight excluding hydrogens is 524 g/mol. The Balaban J connectivity index is 2.10. The minimum absolute atomic E-state index is 0.00590. The van der Waals surface area contributed by atoms with Gasteiger partial charge in [-0.05, 0) is 79.7 Å². The van der Waals surface area contributed by atoms with Gasteiger partial charge in [0.25, 0.3) is 0 Å². The van der Waals surface area contributed by atoms with Crippen LogP contribution in [0.2, 0.25) is 0 Å². The number of rotatable bonds is 14. The molecule has 0 saturated heterocycles. The highest BCUT2D eigenvalue weighted by Gasteiger charge is 2.53. The predicted octanol–water partition coefficient (Wildman–Crippen LogP) is 6.43. The van der Waals surface area contributed by atoms with Gasteiger partial charge in [0.05, 0.1) is 0 Å². The second-order valence-corrected chi connectivity index (χ2v) is 12.3. The second kappa shape index (κ2) is 14.1. The number of Topliss-reactive ketones (excluding diaryl/α,β-unsaturated/α-hetero) is 2. The van der Waals surface area contributed by atoms with E-state index >= 15 is 0 Å². The fourth-order valence-corrected chi connectivity index (χ4v) is 5.99. The van der Waals surface area contributed by atoms with Gasteiger partial charge in [-0.1, -0.05) is 33.8 Å². The van der Waals surface area contributed by atoms with Gasteiger partial charge in [-0.3, -0.25) is 24.0 Å². The standard InChI is InChI=1S/C33H46O8/c1-20(2)29(40-24(6)35)18-30(38)33(9)14-10-13-32(33,8)19-27(37)15-21(3)11-12-26-17-28(39-23(5)34)16-22(4)31(26)41-25(7)36/h16-17,21,29H,1,10-15,18-19H2,2-9H3/t21?,29-,32+,33-/m0/s1. The highest BCUT2D eigenvalue weighted by molar-refractivity contribution is 5.88. The van der Waals surface area contributed by atoms with E-state index in [9.17, 15) is 24.0 Å². The summed E-state index contributed by atoms with van der Waals surface area (Å²) < 4.78 is 16.0. The van der Waals surface area contributed by atoms with Crippen LogP contribution in [0.15, 0.2) is 24.3 Å². The highest BCUT2D eigenvalue weighted by atomic mass is 16.5. The van der Waals surface area contributed by atoms with Crippen molar-refractivity contribution in [3.63, 3.8) is 0 Å². The van der Waals surface area contributed by atoms with Crippen LogP contribution in [0.3, 0.4) is 0 Å². The number of hydrogen-bond acceptors (Lipinski definition) is 8. The number of carbonyl (C=O) groups excluding carboxylic acids is 5. The Labute approximate surface area is 244 Å². The van der Waals surface area contributed by atoms with E-state index in [4.69, 9.17) is 14.2 Å². The lowest BCUT2D eigenvalue weighted by Gasteiger charge is -2.40. The summed E-state index contributed by atoms with van der Waals surface area (Å²) in [6, 6.07) is 3.35. The van der Waals surface area contributed by atoms with Crippen molar-refractivity contribution >= 4 is 29.5 Å². The smallest absolute Gasteiger partial charge is 0.308 e. The maximum absolute atomic E-state index is 13.6. The van der Waals surface area contributed by atoms with Gasteiger partial charge in [0.2, 0.25) is 0 Å². The van der Waals surface area contributed by atoms with Crippen LogP contribution in [0.1, 0.15) is 105 Å². The molecule has 1 saturated carbocycles. The number of esters is 3. The summed E-state index contributed by atoms with van der Waals surface area (Å²) in [5, 5.41) is 0. The molecule has 1 aliphatic rings. The van der Waals surface area contributed by atoms with Gasteiger partial charge in [0.1, 0.15) is 29.2 Å². The van der Waals surface area contributed by atoms with Crippen LogP contribution in [0.4, 0.5) is 0 Å². The van der Waals surface area contributed by atoms with Crippen LogP contribution >= 0.6 is 0 Å². The first-order valence-electron chi connectivity index (χ1n) is 14.4. The molecule has 0 aliphatic heterocycles. The number of ether oxygens (including phenoxy) is 3. The number of carbonyl (C=O) groups is 5. The van der Waals surface area contributed by atoms with E-state index in [1.165, 1.54) is 20.8 Å². The van der Waals surface area contributed by atoms with Crippen molar-refractivity contribution in [2.75, 3.05) is 0 Å². The van der Waals surface area contributed by atoms with E-state index in [1.807, 2.05) is 20.8 Å². The fourth-order valence-electron chi connectivity index (χ4n) is 5.99. The molecule has 0 bridgehead atoms. The first kappa shape index (κ1) is 33.9. The molecule has 0 aromatic heterocycles. The molecule has 0 spiro atoms. The molecule has 0 amide bonds. The molecule has 8 heteroatoms. The molecule has 8 nitrogen and oxygen atoms in total. The number of benzene rings is 1. The van der Waals surface area contributed by atoms with Gasteiger partial charge in [-0.25, -0.2) is 0 Å². The van der Waals surface area contributed by atoms with Gasteiger partial charge in [-0.15, -0.1) is 0 Å². The maximum Gasteiger partial charge on any atom is 0.308 e. The van der Waals surface area contributed by atoms with Crippen molar-refractivity contribution in [3.05, 3.63) is 35.4 Å². The molecule has 0 radical (unpaired) electrons. The lowest BCUT2D eigenvalue weighted by atomic mass is 9.62. The van der Waals surface area contributed by atoms with Gasteiger partial charge in [0.15, 0.2) is 0 Å². The fraction of sp³-hybridized carbons (Fsp3) is 0.606. The van der Waals surface area contributed by atoms with Gasteiger partial charge in [-0.2, -0.15) is 0 Å². The summed E-state index contributed by atoms with van der Waals surface area (Å²) in [7, 11) is 0. The molecule has 1 unspecified atom stereocenters. The van der Waals surface area contributed by atoms with Crippen LogP contribution in [0.5, 0.6) is 11.5 Å². The zero-order valence-electron chi connectivity index (χ0n) is 25.9. The van der Waals surface area contributed by atoms with Crippen molar-refractivity contribution in [2.24, 2.45) is 16.7 Å². The van der Waals surface area contributed by atoms with E-state index < -0.39 is 34.8 Å². The molecule has 1 fully saturated rings. The van der Waals surface area contributed by atoms with Gasteiger partial charge in [0, 0.05) is 45.4 Å². The second-order valence-electron chi connectivity index (χ2n) is 12.3. The SMILES string of the molecule is C=C(C)[C@H](CC(=O)[C@]1(C)CCC[C@]1(C)CC(=O)CC(C)CCc1cc(OC(C)=O)cc(C)c1OC(C)=O)OC(C)=O. The quantitative estimate of drug-likeness (QED) is 0.143. The maximum atomic E-state index is 13.6. The van der Waals surface area contributed by atoms with Gasteiger partial charge < -0.3 is 14.2 Å². The van der Waals surface area contributed by atoms with E-state index in [2.05, 4.69) is 6.58 Å². The third kappa shape index (κ3) is 9.10. The average molecular weight is 571 g/mol. The number of hydrogen-bond donors (Lipinski definition) is 0. The molecule has 2 rings (SSSR count). The Morgan fingerprint density at radius 3 is 2.12 bits per heavy atom. The summed E-state index contributed by atoms with van der Waals surface area (Å²) in [5.74, 6) is -0.385. The third-order valence-corrected chi connectivity index (χ3v) is 8.48. The number of ketones is 2. The van der Waals surface area contributed by atoms with Crippen molar-refractivity contribution in [1.29, 1.82) is 0 Å². The Morgan fingerprint density at radius 2 is 1.56 bits per heavy atom. The predicted molar refractivity (Wildman–Crippen MR) is 156 cm³/mol. The topological polar surface area (TPSA) is 113 Å². The van der Waals surface area contributed by atoms with Crippen molar-refractivity contribution in [1.82, 2.24) is 0 Å². The normalized spacial score (nSPS) is 21.5. The first-order valence-corrected chi connectivity index (χ1v) is 14.4. The van der Waals surface area contributed by atoms with E-state index in [-0.39, 0.29) is 23.9 Å². The lowest BCUT2D eigenvalue weighted by Crippen LogP contribution is -2.43. The monoisotopic (exact) mass is 570 g/mol. The van der Waals surface area contributed by atoms with Crippen LogP contribution in [-0.2, 0) is 35.1 Å². The first-order chi connectivity index (χ1) is 19.0. The van der Waals surface area contributed by atoms with E-state index in [0.29, 0.717) is 54.7 Å². The van der Waals surface area contributed by atoms with Crippen molar-refractivity contribution in [2.45, 2.75) is 113 Å².